The normalized spacial score (nSPS) is 8.11. The second-order valence-corrected chi connectivity index (χ2v) is 7.00. The van der Waals surface area contributed by atoms with Crippen LogP contribution in [0.25, 0.3) is 0 Å². The molecule has 44 heavy (non-hydrogen) atoms. The van der Waals surface area contributed by atoms with Gasteiger partial charge in [0.15, 0.2) is 11.6 Å². The SMILES string of the molecule is C#CC.C#CC#CC.C=C(C)C(=O)OC.C=C(C)C(C)=O.C=C1CCOC1=O.C=CC.C=CC(=C)OC.C=CC(C)=O.CC. The van der Waals surface area contributed by atoms with Crippen LogP contribution in [0.1, 0.15) is 68.7 Å². The molecular weight excluding hydrogens is 556 g/mol. The molecule has 1 saturated heterocycles. The van der Waals surface area contributed by atoms with Gasteiger partial charge in [0.05, 0.1) is 20.8 Å². The molecule has 0 N–H and O–H groups in total. The third kappa shape index (κ3) is 90.7. The molecule has 7 heteroatoms. The first-order valence-corrected chi connectivity index (χ1v) is 13.0. The summed E-state index contributed by atoms with van der Waals surface area (Å²) in [6, 6.07) is 0. The Hall–Kier alpha value is -5.06. The van der Waals surface area contributed by atoms with Crippen molar-refractivity contribution >= 4 is 23.5 Å². The quantitative estimate of drug-likeness (QED) is 0.0776. The number of terminal acetylenes is 2. The van der Waals surface area contributed by atoms with Crippen molar-refractivity contribution in [2.45, 2.75) is 68.7 Å². The highest BCUT2D eigenvalue weighted by molar-refractivity contribution is 5.91. The van der Waals surface area contributed by atoms with E-state index in [-0.39, 0.29) is 23.5 Å². The Balaban J connectivity index is -0.0000000565. The van der Waals surface area contributed by atoms with Gasteiger partial charge in [-0.05, 0) is 78.0 Å². The van der Waals surface area contributed by atoms with Gasteiger partial charge in [-0.3, -0.25) is 9.59 Å². The second-order valence-electron chi connectivity index (χ2n) is 7.00. The van der Waals surface area contributed by atoms with Crippen LogP contribution < -0.4 is 0 Å². The lowest BCUT2D eigenvalue weighted by Gasteiger charge is -1.91. The Morgan fingerprint density at radius 2 is 1.25 bits per heavy atom. The predicted octanol–water partition coefficient (Wildman–Crippen LogP) is 7.97. The van der Waals surface area contributed by atoms with Gasteiger partial charge >= 0.3 is 11.9 Å². The topological polar surface area (TPSA) is 96.0 Å². The van der Waals surface area contributed by atoms with Crippen molar-refractivity contribution in [3.05, 3.63) is 86.8 Å². The summed E-state index contributed by atoms with van der Waals surface area (Å²) in [5.41, 5.74) is 1.65. The number of hydrogen-bond acceptors (Lipinski definition) is 7. The number of rotatable bonds is 5. The lowest BCUT2D eigenvalue weighted by Crippen LogP contribution is -1.98. The van der Waals surface area contributed by atoms with Crippen LogP contribution in [-0.4, -0.2) is 44.3 Å². The van der Waals surface area contributed by atoms with E-state index < -0.39 is 0 Å². The summed E-state index contributed by atoms with van der Waals surface area (Å²) in [5.74, 6) is 9.43. The maximum atomic E-state index is 10.3. The number of allylic oxidation sites excluding steroid dienone is 4. The summed E-state index contributed by atoms with van der Waals surface area (Å²) in [5, 5.41) is 0. The lowest BCUT2D eigenvalue weighted by molar-refractivity contribution is -0.136. The van der Waals surface area contributed by atoms with Crippen LogP contribution in [-0.2, 0) is 33.4 Å². The van der Waals surface area contributed by atoms with E-state index in [1.165, 1.54) is 27.0 Å². The van der Waals surface area contributed by atoms with Crippen molar-refractivity contribution in [1.29, 1.82) is 0 Å². The van der Waals surface area contributed by atoms with E-state index in [1.54, 1.807) is 47.0 Å². The molecule has 0 atom stereocenters. The van der Waals surface area contributed by atoms with Crippen molar-refractivity contribution in [3.63, 3.8) is 0 Å². The fourth-order valence-corrected chi connectivity index (χ4v) is 0.801. The highest BCUT2D eigenvalue weighted by atomic mass is 16.5. The van der Waals surface area contributed by atoms with Crippen molar-refractivity contribution in [1.82, 2.24) is 0 Å². The van der Waals surface area contributed by atoms with Crippen molar-refractivity contribution < 1.29 is 33.4 Å². The van der Waals surface area contributed by atoms with E-state index in [0.717, 1.165) is 0 Å². The Kier molecular flexibility index (Phi) is 72.0. The first-order chi connectivity index (χ1) is 20.4. The van der Waals surface area contributed by atoms with E-state index in [2.05, 4.69) is 90.4 Å². The molecule has 0 aromatic heterocycles. The number of ether oxygens (including phenoxy) is 3. The fraction of sp³-hybridized carbons (Fsp3) is 0.351. The number of Topliss-reactive ketones (excluding diaryl/α,β-unsaturated/α-hetero) is 1. The van der Waals surface area contributed by atoms with Crippen LogP contribution in [0.2, 0.25) is 0 Å². The zero-order valence-electron chi connectivity index (χ0n) is 29.1. The van der Waals surface area contributed by atoms with Crippen LogP contribution in [0, 0.1) is 36.5 Å². The van der Waals surface area contributed by atoms with E-state index in [9.17, 15) is 19.2 Å². The molecule has 1 rings (SSSR count). The standard InChI is InChI=1S/C5H6O2.C5H8O2.2C5H8O.C5H4.C4H6O.C3H6.C3H4.C2H6/c1-4-2-3-7-5(4)6;1-4(2)5(6)7-3;1-4-5(2)6-3;1-4(2)5(3)6;1-3-5-4-2;1-3-4(2)5;2*1-3-2;1-2/h1-3H2;1H2,2-3H3;4H,1-2H2,3H3;1H2,2-3H3;1H,2H3;3H,1H2,2H3;3H,1H2,2H3;1H,2H3;1-2H3. The molecule has 0 aromatic rings. The van der Waals surface area contributed by atoms with Crippen LogP contribution >= 0.6 is 0 Å². The molecule has 1 heterocycles. The summed E-state index contributed by atoms with van der Waals surface area (Å²) in [4.78, 5) is 40.2. The van der Waals surface area contributed by atoms with E-state index >= 15 is 0 Å². The number of hydrogen-bond donors (Lipinski definition) is 0. The van der Waals surface area contributed by atoms with Crippen LogP contribution in [0.3, 0.4) is 0 Å². The van der Waals surface area contributed by atoms with Gasteiger partial charge in [-0.15, -0.1) is 25.3 Å². The fourth-order valence-electron chi connectivity index (χ4n) is 0.801. The minimum atomic E-state index is -0.347. The van der Waals surface area contributed by atoms with E-state index in [0.29, 0.717) is 35.5 Å². The Labute approximate surface area is 269 Å². The smallest absolute Gasteiger partial charge is 0.333 e. The molecule has 1 aliphatic heterocycles. The monoisotopic (exact) mass is 612 g/mol. The van der Waals surface area contributed by atoms with Gasteiger partial charge < -0.3 is 14.2 Å². The number of carbonyl (C=O) groups excluding carboxylic acids is 4. The summed E-state index contributed by atoms with van der Waals surface area (Å²) in [6.45, 7) is 39.7. The van der Waals surface area contributed by atoms with Crippen LogP contribution in [0.4, 0.5) is 0 Å². The maximum absolute atomic E-state index is 10.3. The van der Waals surface area contributed by atoms with Crippen molar-refractivity contribution in [3.8, 4) is 36.5 Å². The molecule has 246 valence electrons. The van der Waals surface area contributed by atoms with Gasteiger partial charge in [0, 0.05) is 17.6 Å². The minimum absolute atomic E-state index is 0.0185. The largest absolute Gasteiger partial charge is 0.497 e. The first-order valence-electron chi connectivity index (χ1n) is 13.0. The predicted molar refractivity (Wildman–Crippen MR) is 188 cm³/mol. The van der Waals surface area contributed by atoms with Gasteiger partial charge in [-0.1, -0.05) is 65.3 Å². The summed E-state index contributed by atoms with van der Waals surface area (Å²) in [6.07, 6.45) is 14.6. The van der Waals surface area contributed by atoms with Crippen LogP contribution in [0.5, 0.6) is 0 Å². The zero-order chi connectivity index (χ0) is 37.1. The number of cyclic esters (lactones) is 1. The Morgan fingerprint density at radius 3 is 1.27 bits per heavy atom. The molecular formula is C37H56O7. The molecule has 0 spiro atoms. The van der Waals surface area contributed by atoms with Gasteiger partial charge in [-0.2, -0.15) is 0 Å². The third-order valence-corrected chi connectivity index (χ3v) is 3.04. The lowest BCUT2D eigenvalue weighted by atomic mass is 10.3. The number of carbonyl (C=O) groups is 4. The third-order valence-electron chi connectivity index (χ3n) is 3.04. The van der Waals surface area contributed by atoms with E-state index in [1.807, 2.05) is 20.8 Å². The molecule has 0 bridgehead atoms. The molecule has 0 saturated carbocycles. The molecule has 0 aliphatic carbocycles. The number of ketones is 2. The highest BCUT2D eigenvalue weighted by Gasteiger charge is 2.14. The summed E-state index contributed by atoms with van der Waals surface area (Å²) >= 11 is 0. The number of esters is 2. The van der Waals surface area contributed by atoms with E-state index in [4.69, 9.17) is 6.42 Å². The molecule has 7 nitrogen and oxygen atoms in total. The minimum Gasteiger partial charge on any atom is -0.497 e. The molecule has 0 aromatic carbocycles. The Bertz CT molecular complexity index is 983. The average Bonchev–Trinajstić information content (AvgIpc) is 3.37. The van der Waals surface area contributed by atoms with Gasteiger partial charge in [0.25, 0.3) is 0 Å². The molecule has 1 aliphatic rings. The molecule has 0 radical (unpaired) electrons. The molecule has 0 amide bonds. The van der Waals surface area contributed by atoms with Gasteiger partial charge in [0.1, 0.15) is 5.76 Å². The second kappa shape index (κ2) is 54.1. The molecule has 0 unspecified atom stereocenters. The average molecular weight is 613 g/mol. The Morgan fingerprint density at radius 1 is 0.886 bits per heavy atom. The maximum Gasteiger partial charge on any atom is 0.333 e. The van der Waals surface area contributed by atoms with Crippen molar-refractivity contribution in [2.75, 3.05) is 20.8 Å². The zero-order valence-corrected chi connectivity index (χ0v) is 29.1. The number of methoxy groups -OCH3 is 2. The van der Waals surface area contributed by atoms with Gasteiger partial charge in [-0.25, -0.2) is 9.59 Å². The van der Waals surface area contributed by atoms with Crippen molar-refractivity contribution in [2.24, 2.45) is 0 Å². The first kappa shape index (κ1) is 58.6. The summed E-state index contributed by atoms with van der Waals surface area (Å²) in [7, 11) is 2.89. The van der Waals surface area contributed by atoms with Gasteiger partial charge in [0.2, 0.25) is 0 Å². The summed E-state index contributed by atoms with van der Waals surface area (Å²) < 4.78 is 13.4. The highest BCUT2D eigenvalue weighted by Crippen LogP contribution is 2.08. The molecule has 1 fully saturated rings. The van der Waals surface area contributed by atoms with Crippen LogP contribution in [0.15, 0.2) is 86.8 Å².